The van der Waals surface area contributed by atoms with Gasteiger partial charge in [0.1, 0.15) is 0 Å². The van der Waals surface area contributed by atoms with Crippen molar-refractivity contribution in [3.63, 3.8) is 0 Å². The highest BCUT2D eigenvalue weighted by Gasteiger charge is 2.55. The van der Waals surface area contributed by atoms with Gasteiger partial charge in [-0.2, -0.15) is 0 Å². The molecule has 0 N–H and O–H groups in total. The summed E-state index contributed by atoms with van der Waals surface area (Å²) in [5.74, 6) is 0. The average Bonchev–Trinajstić information content (AvgIpc) is 2.02. The van der Waals surface area contributed by atoms with E-state index < -0.39 is 8.32 Å². The van der Waals surface area contributed by atoms with Crippen molar-refractivity contribution in [2.45, 2.75) is 0 Å². The molecule has 0 aromatic rings. The lowest BCUT2D eigenvalue weighted by molar-refractivity contribution is 0.157. The summed E-state index contributed by atoms with van der Waals surface area (Å²) < 4.78 is 10.1. The first kappa shape index (κ1) is 3.18. The number of hydrogen-bond donors (Lipinski definition) is 0. The van der Waals surface area contributed by atoms with Gasteiger partial charge in [0.25, 0.3) is 8.32 Å². The predicted octanol–water partition coefficient (Wildman–Crippen LogP) is -0.390. The molecule has 6 heavy (non-hydrogen) atoms. The van der Waals surface area contributed by atoms with E-state index in [0.717, 1.165) is 18.7 Å². The van der Waals surface area contributed by atoms with Gasteiger partial charge in [0.2, 0.25) is 0 Å². The summed E-state index contributed by atoms with van der Waals surface area (Å²) in [4.78, 5) is 0. The fourth-order valence-electron chi connectivity index (χ4n) is 0.598. The number of ether oxygens (including phenoxy) is 1. The maximum atomic E-state index is 5.15. The smallest absolute Gasteiger partial charge is 0.266 e. The van der Waals surface area contributed by atoms with Crippen LogP contribution >= 0.6 is 0 Å². The van der Waals surface area contributed by atoms with Crippen LogP contribution in [0.3, 0.4) is 0 Å². The molecule has 0 radical (unpaired) electrons. The lowest BCUT2D eigenvalue weighted by Crippen LogP contribution is -2.43. The molecule has 0 bridgehead atoms. The Labute approximate surface area is 37.2 Å². The third-order valence-electron chi connectivity index (χ3n) is 1.28. The Morgan fingerprint density at radius 1 is 1.17 bits per heavy atom. The number of rotatable bonds is 0. The quantitative estimate of drug-likeness (QED) is 0.307. The number of hydrogen-bond acceptors (Lipinski definition) is 2. The standard InChI is InChI=1S/C3H6O2Si/c1-4-2-6(1)3-5-6/h1-3H2. The lowest BCUT2D eigenvalue weighted by Gasteiger charge is -2.18. The third-order valence-corrected chi connectivity index (χ3v) is 3.85. The van der Waals surface area contributed by atoms with Crippen molar-refractivity contribution in [1.82, 2.24) is 0 Å². The van der Waals surface area contributed by atoms with Crippen LogP contribution in [0.2, 0.25) is 0 Å². The van der Waals surface area contributed by atoms with E-state index in [-0.39, 0.29) is 0 Å². The summed E-state index contributed by atoms with van der Waals surface area (Å²) >= 11 is 0. The molecule has 3 heteroatoms. The van der Waals surface area contributed by atoms with Gasteiger partial charge in [-0.15, -0.1) is 0 Å². The van der Waals surface area contributed by atoms with E-state index in [9.17, 15) is 0 Å². The monoisotopic (exact) mass is 102 g/mol. The van der Waals surface area contributed by atoms with Crippen molar-refractivity contribution in [1.29, 1.82) is 0 Å². The van der Waals surface area contributed by atoms with Gasteiger partial charge in [0.05, 0.1) is 18.7 Å². The molecule has 0 aromatic heterocycles. The second-order valence-corrected chi connectivity index (χ2v) is 5.49. The third kappa shape index (κ3) is 0.236. The Kier molecular flexibility index (Phi) is 0.376. The molecule has 0 amide bonds. The van der Waals surface area contributed by atoms with Crippen LogP contribution in [0.15, 0.2) is 0 Å². The van der Waals surface area contributed by atoms with E-state index in [1.54, 1.807) is 0 Å². The SMILES string of the molecule is C1OC[Si]12CO2. The minimum atomic E-state index is -0.923. The highest BCUT2D eigenvalue weighted by atomic mass is 28.4. The van der Waals surface area contributed by atoms with Crippen molar-refractivity contribution in [2.75, 3.05) is 18.7 Å². The molecule has 0 aromatic carbocycles. The molecule has 0 unspecified atom stereocenters. The van der Waals surface area contributed by atoms with Crippen LogP contribution in [0.5, 0.6) is 0 Å². The molecule has 2 saturated heterocycles. The molecule has 2 nitrogen and oxygen atoms in total. The summed E-state index contributed by atoms with van der Waals surface area (Å²) in [7, 11) is -0.923. The van der Waals surface area contributed by atoms with Gasteiger partial charge < -0.3 is 9.16 Å². The summed E-state index contributed by atoms with van der Waals surface area (Å²) in [6.07, 6.45) is 3.03. The summed E-state index contributed by atoms with van der Waals surface area (Å²) in [6.45, 7) is 0. The zero-order chi connectivity index (χ0) is 4.04. The molecular formula is C3H6O2Si. The highest BCUT2D eigenvalue weighted by Crippen LogP contribution is 2.28. The van der Waals surface area contributed by atoms with Gasteiger partial charge >= 0.3 is 0 Å². The Bertz CT molecular complexity index is 72.9. The van der Waals surface area contributed by atoms with Crippen molar-refractivity contribution in [3.8, 4) is 0 Å². The largest absolute Gasteiger partial charge is 0.410 e. The molecule has 2 heterocycles. The zero-order valence-electron chi connectivity index (χ0n) is 3.44. The van der Waals surface area contributed by atoms with Crippen LogP contribution in [0, 0.1) is 0 Å². The second-order valence-electron chi connectivity index (χ2n) is 1.96. The molecule has 2 fully saturated rings. The minimum Gasteiger partial charge on any atom is -0.410 e. The van der Waals surface area contributed by atoms with Gasteiger partial charge in [-0.3, -0.25) is 0 Å². The van der Waals surface area contributed by atoms with Crippen LogP contribution in [0.4, 0.5) is 0 Å². The highest BCUT2D eigenvalue weighted by molar-refractivity contribution is 6.82. The second kappa shape index (κ2) is 0.709. The fourth-order valence-corrected chi connectivity index (χ4v) is 2.41. The molecule has 2 aliphatic rings. The molecule has 0 saturated carbocycles. The van der Waals surface area contributed by atoms with Gasteiger partial charge in [-0.1, -0.05) is 0 Å². The topological polar surface area (TPSA) is 21.8 Å². The van der Waals surface area contributed by atoms with E-state index in [1.807, 2.05) is 0 Å². The van der Waals surface area contributed by atoms with Crippen molar-refractivity contribution in [2.24, 2.45) is 0 Å². The van der Waals surface area contributed by atoms with E-state index in [2.05, 4.69) is 0 Å². The molecule has 0 aliphatic carbocycles. The minimum absolute atomic E-state index is 0.923. The Hall–Kier alpha value is 0.137. The van der Waals surface area contributed by atoms with E-state index >= 15 is 0 Å². The van der Waals surface area contributed by atoms with Crippen molar-refractivity contribution < 1.29 is 9.16 Å². The van der Waals surface area contributed by atoms with Crippen LogP contribution < -0.4 is 0 Å². The molecule has 1 spiro atoms. The van der Waals surface area contributed by atoms with Crippen molar-refractivity contribution in [3.05, 3.63) is 0 Å². The van der Waals surface area contributed by atoms with E-state index in [0.29, 0.717) is 0 Å². The Morgan fingerprint density at radius 3 is 1.83 bits per heavy atom. The van der Waals surface area contributed by atoms with Gasteiger partial charge in [-0.05, 0) is 0 Å². The van der Waals surface area contributed by atoms with E-state index in [1.165, 1.54) is 0 Å². The maximum Gasteiger partial charge on any atom is 0.266 e. The first-order chi connectivity index (χ1) is 2.91. The van der Waals surface area contributed by atoms with Crippen LogP contribution in [0.1, 0.15) is 0 Å². The van der Waals surface area contributed by atoms with E-state index in [4.69, 9.17) is 9.16 Å². The van der Waals surface area contributed by atoms with Crippen LogP contribution in [-0.2, 0) is 9.16 Å². The first-order valence-corrected chi connectivity index (χ1v) is 4.66. The van der Waals surface area contributed by atoms with Crippen LogP contribution in [-0.4, -0.2) is 27.0 Å². The van der Waals surface area contributed by atoms with Crippen molar-refractivity contribution >= 4 is 8.32 Å². The van der Waals surface area contributed by atoms with Gasteiger partial charge in [0, 0.05) is 0 Å². The first-order valence-electron chi connectivity index (χ1n) is 2.13. The lowest BCUT2D eigenvalue weighted by atomic mass is 11.4. The average molecular weight is 102 g/mol. The predicted molar refractivity (Wildman–Crippen MR) is 22.5 cm³/mol. The maximum absolute atomic E-state index is 5.15. The normalized spacial score (nSPS) is 36.0. The van der Waals surface area contributed by atoms with Gasteiger partial charge in [-0.25, -0.2) is 0 Å². The Morgan fingerprint density at radius 2 is 1.83 bits per heavy atom. The molecule has 34 valence electrons. The van der Waals surface area contributed by atoms with Gasteiger partial charge in [0.15, 0.2) is 0 Å². The molecule has 2 aliphatic heterocycles. The Balaban J connectivity index is 2.09. The fraction of sp³-hybridized carbons (Fsp3) is 1.00. The summed E-state index contributed by atoms with van der Waals surface area (Å²) in [5.41, 5.74) is 0. The molecular weight excluding hydrogens is 96.1 g/mol. The summed E-state index contributed by atoms with van der Waals surface area (Å²) in [6, 6.07) is 0. The van der Waals surface area contributed by atoms with Crippen LogP contribution in [0.25, 0.3) is 0 Å². The zero-order valence-corrected chi connectivity index (χ0v) is 4.44. The molecule has 0 atom stereocenters. The summed E-state index contributed by atoms with van der Waals surface area (Å²) in [5, 5.41) is 0. The molecule has 2 rings (SSSR count).